The predicted octanol–water partition coefficient (Wildman–Crippen LogP) is 2.52. The average molecular weight is 478 g/mol. The highest BCUT2D eigenvalue weighted by molar-refractivity contribution is 14.0. The van der Waals surface area contributed by atoms with E-state index in [1.807, 2.05) is 18.2 Å². The quantitative estimate of drug-likeness (QED) is 0.209. The summed E-state index contributed by atoms with van der Waals surface area (Å²) in [6, 6.07) is 8.09. The third kappa shape index (κ3) is 12.3. The number of methoxy groups -OCH3 is 1. The molecule has 150 valence electrons. The zero-order valence-corrected chi connectivity index (χ0v) is 18.9. The Balaban J connectivity index is 0.00000625. The molecule has 1 rings (SSSR count). The minimum atomic E-state index is 0. The maximum Gasteiger partial charge on any atom is 0.191 e. The lowest BCUT2D eigenvalue weighted by molar-refractivity contribution is 0.180. The van der Waals surface area contributed by atoms with Crippen molar-refractivity contribution in [3.8, 4) is 5.75 Å². The first-order chi connectivity index (χ1) is 12.2. The number of likely N-dealkylation sites (N-methyl/N-ethyl adjacent to an activating group) is 1. The second kappa shape index (κ2) is 16.1. The number of halogens is 1. The number of aliphatic imine (C=N–C) groups is 1. The number of aryl methyl sites for hydroxylation is 1. The van der Waals surface area contributed by atoms with Crippen LogP contribution in [0.2, 0.25) is 0 Å². The molecule has 0 saturated carbocycles. The molecule has 0 aromatic heterocycles. The number of guanidine groups is 1. The normalized spacial score (nSPS) is 11.2. The van der Waals surface area contributed by atoms with Crippen LogP contribution in [0.15, 0.2) is 29.3 Å². The summed E-state index contributed by atoms with van der Waals surface area (Å²) in [5.74, 6) is 1.74. The number of rotatable bonds is 12. The number of hydrogen-bond donors (Lipinski definition) is 2. The van der Waals surface area contributed by atoms with Crippen molar-refractivity contribution in [2.75, 3.05) is 60.1 Å². The molecular weight excluding hydrogens is 443 g/mol. The first-order valence-corrected chi connectivity index (χ1v) is 9.04. The zero-order valence-electron chi connectivity index (χ0n) is 16.6. The van der Waals surface area contributed by atoms with Crippen LogP contribution >= 0.6 is 24.0 Å². The zero-order chi connectivity index (χ0) is 18.3. The molecule has 7 heteroatoms. The van der Waals surface area contributed by atoms with Crippen LogP contribution in [0.4, 0.5) is 0 Å². The van der Waals surface area contributed by atoms with Crippen LogP contribution in [-0.4, -0.2) is 71.0 Å². The molecule has 6 nitrogen and oxygen atoms in total. The second-order valence-corrected chi connectivity index (χ2v) is 6.00. The highest BCUT2D eigenvalue weighted by Gasteiger charge is 2.00. The van der Waals surface area contributed by atoms with Gasteiger partial charge in [-0.2, -0.15) is 0 Å². The van der Waals surface area contributed by atoms with Gasteiger partial charge in [0.15, 0.2) is 5.96 Å². The molecule has 0 fully saturated rings. The minimum Gasteiger partial charge on any atom is -0.492 e. The van der Waals surface area contributed by atoms with E-state index in [4.69, 9.17) is 9.47 Å². The monoisotopic (exact) mass is 478 g/mol. The van der Waals surface area contributed by atoms with Crippen molar-refractivity contribution < 1.29 is 9.47 Å². The molecule has 0 amide bonds. The topological polar surface area (TPSA) is 58.1 Å². The molecule has 0 aliphatic carbocycles. The highest BCUT2D eigenvalue weighted by atomic mass is 127. The van der Waals surface area contributed by atoms with Crippen molar-refractivity contribution in [2.24, 2.45) is 4.99 Å². The Hall–Kier alpha value is -1.06. The van der Waals surface area contributed by atoms with E-state index < -0.39 is 0 Å². The third-order valence-corrected chi connectivity index (χ3v) is 3.64. The van der Waals surface area contributed by atoms with Crippen LogP contribution in [0, 0.1) is 6.92 Å². The van der Waals surface area contributed by atoms with Crippen LogP contribution in [0.5, 0.6) is 5.75 Å². The van der Waals surface area contributed by atoms with Gasteiger partial charge in [0.2, 0.25) is 0 Å². The lowest BCUT2D eigenvalue weighted by Gasteiger charge is -2.16. The maximum absolute atomic E-state index is 5.75. The minimum absolute atomic E-state index is 0. The van der Waals surface area contributed by atoms with Gasteiger partial charge in [-0.3, -0.25) is 4.99 Å². The van der Waals surface area contributed by atoms with Crippen LogP contribution in [-0.2, 0) is 4.74 Å². The third-order valence-electron chi connectivity index (χ3n) is 3.64. The predicted molar refractivity (Wildman–Crippen MR) is 120 cm³/mol. The highest BCUT2D eigenvalue weighted by Crippen LogP contribution is 2.11. The van der Waals surface area contributed by atoms with E-state index in [-0.39, 0.29) is 24.0 Å². The Morgan fingerprint density at radius 3 is 2.69 bits per heavy atom. The van der Waals surface area contributed by atoms with E-state index >= 15 is 0 Å². The van der Waals surface area contributed by atoms with Gasteiger partial charge >= 0.3 is 0 Å². The van der Waals surface area contributed by atoms with E-state index in [0.29, 0.717) is 13.2 Å². The molecule has 0 heterocycles. The van der Waals surface area contributed by atoms with Crippen molar-refractivity contribution in [3.63, 3.8) is 0 Å². The summed E-state index contributed by atoms with van der Waals surface area (Å²) in [6.45, 7) is 9.81. The molecule has 26 heavy (non-hydrogen) atoms. The number of hydrogen-bond acceptors (Lipinski definition) is 4. The molecule has 1 aromatic carbocycles. The molecule has 1 aromatic rings. The van der Waals surface area contributed by atoms with Gasteiger partial charge in [-0.15, -0.1) is 24.0 Å². The lowest BCUT2D eigenvalue weighted by atomic mass is 10.2. The Labute approximate surface area is 175 Å². The summed E-state index contributed by atoms with van der Waals surface area (Å²) in [6.07, 6.45) is 1.05. The first kappa shape index (κ1) is 24.9. The SMILES string of the molecule is CCNC(=NCCN(C)CCCOC)NCCOc1cccc(C)c1.I. The fourth-order valence-corrected chi connectivity index (χ4v) is 2.31. The average Bonchev–Trinajstić information content (AvgIpc) is 2.59. The molecule has 0 aliphatic rings. The fourth-order valence-electron chi connectivity index (χ4n) is 2.31. The number of nitrogens with zero attached hydrogens (tertiary/aromatic N) is 2. The van der Waals surface area contributed by atoms with E-state index in [1.54, 1.807) is 7.11 Å². The van der Waals surface area contributed by atoms with Crippen LogP contribution < -0.4 is 15.4 Å². The number of ether oxygens (including phenoxy) is 2. The molecule has 0 spiro atoms. The van der Waals surface area contributed by atoms with Crippen LogP contribution in [0.25, 0.3) is 0 Å². The van der Waals surface area contributed by atoms with E-state index in [1.165, 1.54) is 5.56 Å². The van der Waals surface area contributed by atoms with Gasteiger partial charge in [-0.05, 0) is 45.0 Å². The summed E-state index contributed by atoms with van der Waals surface area (Å²) in [5.41, 5.74) is 1.20. The van der Waals surface area contributed by atoms with E-state index in [0.717, 1.165) is 50.9 Å². The van der Waals surface area contributed by atoms with Crippen LogP contribution in [0.1, 0.15) is 18.9 Å². The first-order valence-electron chi connectivity index (χ1n) is 9.04. The molecule has 2 N–H and O–H groups in total. The van der Waals surface area contributed by atoms with Gasteiger partial charge in [-0.25, -0.2) is 0 Å². The summed E-state index contributed by atoms with van der Waals surface area (Å²) in [4.78, 5) is 6.88. The van der Waals surface area contributed by atoms with Gasteiger partial charge < -0.3 is 25.0 Å². The van der Waals surface area contributed by atoms with Gasteiger partial charge in [-0.1, -0.05) is 12.1 Å². The molecule has 0 unspecified atom stereocenters. The largest absolute Gasteiger partial charge is 0.492 e. The molecule has 0 saturated heterocycles. The summed E-state index contributed by atoms with van der Waals surface area (Å²) >= 11 is 0. The molecule has 0 aliphatic heterocycles. The maximum atomic E-state index is 5.75. The summed E-state index contributed by atoms with van der Waals surface area (Å²) in [5, 5.41) is 6.57. The number of benzene rings is 1. The van der Waals surface area contributed by atoms with Crippen molar-refractivity contribution in [1.82, 2.24) is 15.5 Å². The Kier molecular flexibility index (Phi) is 15.5. The standard InChI is InChI=1S/C19H34N4O2.HI/c1-5-20-19(21-10-13-23(3)12-7-14-24-4)22-11-15-25-18-9-6-8-17(2)16-18;/h6,8-9,16H,5,7,10-15H2,1-4H3,(H2,20,21,22);1H. The van der Waals surface area contributed by atoms with Gasteiger partial charge in [0.1, 0.15) is 12.4 Å². The van der Waals surface area contributed by atoms with E-state index in [9.17, 15) is 0 Å². The van der Waals surface area contributed by atoms with Crippen molar-refractivity contribution in [3.05, 3.63) is 29.8 Å². The molecule has 0 atom stereocenters. The second-order valence-electron chi connectivity index (χ2n) is 6.00. The Morgan fingerprint density at radius 2 is 2.00 bits per heavy atom. The Bertz CT molecular complexity index is 500. The summed E-state index contributed by atoms with van der Waals surface area (Å²) in [7, 11) is 3.85. The number of nitrogens with one attached hydrogen (secondary N) is 2. The van der Waals surface area contributed by atoms with Crippen LogP contribution in [0.3, 0.4) is 0 Å². The van der Waals surface area contributed by atoms with Gasteiger partial charge in [0.05, 0.1) is 13.1 Å². The molecular formula is C19H35IN4O2. The lowest BCUT2D eigenvalue weighted by Crippen LogP contribution is -2.39. The van der Waals surface area contributed by atoms with Gasteiger partial charge in [0.25, 0.3) is 0 Å². The summed E-state index contributed by atoms with van der Waals surface area (Å²) < 4.78 is 10.8. The Morgan fingerprint density at radius 1 is 1.19 bits per heavy atom. The molecule has 0 bridgehead atoms. The fraction of sp³-hybridized carbons (Fsp3) is 0.632. The van der Waals surface area contributed by atoms with Crippen molar-refractivity contribution in [1.29, 1.82) is 0 Å². The smallest absolute Gasteiger partial charge is 0.191 e. The van der Waals surface area contributed by atoms with E-state index in [2.05, 4.69) is 47.5 Å². The molecule has 0 radical (unpaired) electrons. The van der Waals surface area contributed by atoms with Gasteiger partial charge in [0, 0.05) is 33.4 Å². The van der Waals surface area contributed by atoms with Crippen molar-refractivity contribution in [2.45, 2.75) is 20.3 Å². The van der Waals surface area contributed by atoms with Crippen molar-refractivity contribution >= 4 is 29.9 Å².